The van der Waals surface area contributed by atoms with Crippen LogP contribution in [0, 0.1) is 0 Å². The van der Waals surface area contributed by atoms with Gasteiger partial charge < -0.3 is 15.8 Å². The molecule has 1 heterocycles. The molecule has 0 atom stereocenters. The van der Waals surface area contributed by atoms with Crippen molar-refractivity contribution < 1.29 is 9.53 Å². The number of benzene rings is 1. The molecule has 1 aromatic carbocycles. The van der Waals surface area contributed by atoms with Crippen molar-refractivity contribution in [2.24, 2.45) is 5.73 Å². The van der Waals surface area contributed by atoms with Crippen LogP contribution in [-0.4, -0.2) is 30.1 Å². The van der Waals surface area contributed by atoms with Gasteiger partial charge in [-0.2, -0.15) is 0 Å². The summed E-state index contributed by atoms with van der Waals surface area (Å²) in [6.07, 6.45) is 4.93. The van der Waals surface area contributed by atoms with Gasteiger partial charge in [-0.25, -0.2) is 0 Å². The normalized spacial score (nSPS) is 11.2. The number of nitrogens with one attached hydrogen (secondary N) is 1. The number of methoxy groups -OCH3 is 1. The molecule has 0 saturated heterocycles. The minimum Gasteiger partial charge on any atom is -0.497 e. The maximum absolute atomic E-state index is 12.4. The Morgan fingerprint density at radius 3 is 2.42 bits per heavy atom. The Morgan fingerprint density at radius 1 is 1.17 bits per heavy atom. The van der Waals surface area contributed by atoms with E-state index in [1.54, 1.807) is 19.5 Å². The number of carbonyl (C=O) groups excluding carboxylic acids is 1. The van der Waals surface area contributed by atoms with Crippen molar-refractivity contribution in [3.63, 3.8) is 0 Å². The summed E-state index contributed by atoms with van der Waals surface area (Å²) in [5.41, 5.74) is 8.25. The van der Waals surface area contributed by atoms with E-state index in [-0.39, 0.29) is 11.4 Å². The maximum Gasteiger partial charge on any atom is 0.252 e. The molecule has 24 heavy (non-hydrogen) atoms. The molecular weight excluding hydrogens is 302 g/mol. The summed E-state index contributed by atoms with van der Waals surface area (Å²) in [5.74, 6) is 0.633. The number of hydrogen-bond acceptors (Lipinski definition) is 4. The number of amides is 1. The molecular formula is C19H25N3O2. The lowest BCUT2D eigenvalue weighted by atomic mass is 9.94. The minimum absolute atomic E-state index is 0.158. The van der Waals surface area contributed by atoms with E-state index in [0.717, 1.165) is 29.7 Å². The third-order valence-electron chi connectivity index (χ3n) is 4.43. The molecule has 0 radical (unpaired) electrons. The second-order valence-electron chi connectivity index (χ2n) is 5.94. The SMILES string of the molecule is CCC(N)(CC)CNC(=O)c1cncc(-c2ccc(OC)cc2)c1. The largest absolute Gasteiger partial charge is 0.497 e. The Balaban J connectivity index is 2.13. The molecule has 0 aliphatic rings. The van der Waals surface area contributed by atoms with Crippen LogP contribution in [0.2, 0.25) is 0 Å². The molecule has 5 heteroatoms. The van der Waals surface area contributed by atoms with Crippen LogP contribution >= 0.6 is 0 Å². The number of rotatable bonds is 7. The Morgan fingerprint density at radius 2 is 1.83 bits per heavy atom. The van der Waals surface area contributed by atoms with Crippen LogP contribution < -0.4 is 15.8 Å². The first-order valence-corrected chi connectivity index (χ1v) is 8.18. The van der Waals surface area contributed by atoms with E-state index in [1.165, 1.54) is 0 Å². The van der Waals surface area contributed by atoms with Crippen LogP contribution in [0.1, 0.15) is 37.0 Å². The summed E-state index contributed by atoms with van der Waals surface area (Å²) in [6, 6.07) is 9.48. The van der Waals surface area contributed by atoms with E-state index < -0.39 is 0 Å². The monoisotopic (exact) mass is 327 g/mol. The van der Waals surface area contributed by atoms with Gasteiger partial charge in [0.15, 0.2) is 0 Å². The third-order valence-corrected chi connectivity index (χ3v) is 4.43. The molecule has 0 saturated carbocycles. The van der Waals surface area contributed by atoms with Gasteiger partial charge in [-0.05, 0) is 36.6 Å². The Labute approximate surface area is 143 Å². The van der Waals surface area contributed by atoms with Crippen molar-refractivity contribution in [3.05, 3.63) is 48.3 Å². The molecule has 0 aliphatic heterocycles. The lowest BCUT2D eigenvalue weighted by molar-refractivity contribution is 0.0942. The van der Waals surface area contributed by atoms with Crippen LogP contribution in [-0.2, 0) is 0 Å². The van der Waals surface area contributed by atoms with Crippen molar-refractivity contribution in [3.8, 4) is 16.9 Å². The first-order valence-electron chi connectivity index (χ1n) is 8.18. The predicted octanol–water partition coefficient (Wildman–Crippen LogP) is 3.00. The fourth-order valence-electron chi connectivity index (χ4n) is 2.36. The van der Waals surface area contributed by atoms with Crippen molar-refractivity contribution in [2.45, 2.75) is 32.2 Å². The summed E-state index contributed by atoms with van der Waals surface area (Å²) in [5, 5.41) is 2.91. The van der Waals surface area contributed by atoms with Gasteiger partial charge in [-0.15, -0.1) is 0 Å². The highest BCUT2D eigenvalue weighted by atomic mass is 16.5. The first-order chi connectivity index (χ1) is 11.5. The van der Waals surface area contributed by atoms with Gasteiger partial charge in [0.25, 0.3) is 5.91 Å². The van der Waals surface area contributed by atoms with E-state index in [0.29, 0.717) is 12.1 Å². The number of ether oxygens (including phenoxy) is 1. The van der Waals surface area contributed by atoms with Crippen molar-refractivity contribution in [1.29, 1.82) is 0 Å². The Hall–Kier alpha value is -2.40. The van der Waals surface area contributed by atoms with Crippen LogP contribution in [0.15, 0.2) is 42.7 Å². The maximum atomic E-state index is 12.4. The van der Waals surface area contributed by atoms with Gasteiger partial charge in [0.05, 0.1) is 12.7 Å². The van der Waals surface area contributed by atoms with Gasteiger partial charge in [0.2, 0.25) is 0 Å². The molecule has 0 unspecified atom stereocenters. The van der Waals surface area contributed by atoms with Crippen molar-refractivity contribution >= 4 is 5.91 Å². The molecule has 2 rings (SSSR count). The highest BCUT2D eigenvalue weighted by Gasteiger charge is 2.21. The minimum atomic E-state index is -0.364. The number of aromatic nitrogens is 1. The molecule has 0 spiro atoms. The lowest BCUT2D eigenvalue weighted by Crippen LogP contribution is -2.49. The fraction of sp³-hybridized carbons (Fsp3) is 0.368. The van der Waals surface area contributed by atoms with Gasteiger partial charge >= 0.3 is 0 Å². The topological polar surface area (TPSA) is 77.2 Å². The first kappa shape index (κ1) is 17.9. The van der Waals surface area contributed by atoms with Gasteiger partial charge in [-0.3, -0.25) is 9.78 Å². The zero-order valence-electron chi connectivity index (χ0n) is 14.5. The second-order valence-corrected chi connectivity index (χ2v) is 5.94. The highest BCUT2D eigenvalue weighted by Crippen LogP contribution is 2.22. The quantitative estimate of drug-likeness (QED) is 0.819. The molecule has 2 aromatic rings. The van der Waals surface area contributed by atoms with Gasteiger partial charge in [-0.1, -0.05) is 26.0 Å². The average molecular weight is 327 g/mol. The van der Waals surface area contributed by atoms with E-state index in [9.17, 15) is 4.79 Å². The highest BCUT2D eigenvalue weighted by molar-refractivity contribution is 5.95. The van der Waals surface area contributed by atoms with Crippen LogP contribution in [0.25, 0.3) is 11.1 Å². The predicted molar refractivity (Wildman–Crippen MR) is 96.1 cm³/mol. The van der Waals surface area contributed by atoms with E-state index in [1.807, 2.05) is 44.2 Å². The van der Waals surface area contributed by atoms with Crippen LogP contribution in [0.3, 0.4) is 0 Å². The van der Waals surface area contributed by atoms with E-state index in [4.69, 9.17) is 10.5 Å². The zero-order chi connectivity index (χ0) is 17.6. The molecule has 0 bridgehead atoms. The van der Waals surface area contributed by atoms with Crippen molar-refractivity contribution in [2.75, 3.05) is 13.7 Å². The molecule has 128 valence electrons. The fourth-order valence-corrected chi connectivity index (χ4v) is 2.36. The Kier molecular flexibility index (Phi) is 5.93. The number of pyridine rings is 1. The molecule has 1 amide bonds. The molecule has 5 nitrogen and oxygen atoms in total. The summed E-state index contributed by atoms with van der Waals surface area (Å²) >= 11 is 0. The Bertz CT molecular complexity index is 679. The summed E-state index contributed by atoms with van der Waals surface area (Å²) < 4.78 is 5.16. The zero-order valence-corrected chi connectivity index (χ0v) is 14.5. The van der Waals surface area contributed by atoms with Gasteiger partial charge in [0, 0.05) is 30.0 Å². The third kappa shape index (κ3) is 4.32. The average Bonchev–Trinajstić information content (AvgIpc) is 2.66. The second kappa shape index (κ2) is 7.93. The van der Waals surface area contributed by atoms with E-state index >= 15 is 0 Å². The summed E-state index contributed by atoms with van der Waals surface area (Å²) in [4.78, 5) is 16.6. The number of hydrogen-bond donors (Lipinski definition) is 2. The van der Waals surface area contributed by atoms with Crippen molar-refractivity contribution in [1.82, 2.24) is 10.3 Å². The molecule has 0 aliphatic carbocycles. The van der Waals surface area contributed by atoms with Gasteiger partial charge in [0.1, 0.15) is 5.75 Å². The summed E-state index contributed by atoms with van der Waals surface area (Å²) in [7, 11) is 1.63. The smallest absolute Gasteiger partial charge is 0.252 e. The van der Waals surface area contributed by atoms with E-state index in [2.05, 4.69) is 10.3 Å². The number of nitrogens with two attached hydrogens (primary N) is 1. The lowest BCUT2D eigenvalue weighted by Gasteiger charge is -2.26. The molecule has 1 aromatic heterocycles. The summed E-state index contributed by atoms with van der Waals surface area (Å²) in [6.45, 7) is 4.51. The molecule has 3 N–H and O–H groups in total. The number of nitrogens with zero attached hydrogens (tertiary/aromatic N) is 1. The van der Waals surface area contributed by atoms with Crippen LogP contribution in [0.5, 0.6) is 5.75 Å². The molecule has 0 fully saturated rings. The standard InChI is InChI=1S/C19H25N3O2/c1-4-19(20,5-2)13-22-18(23)16-10-15(11-21-12-16)14-6-8-17(24-3)9-7-14/h6-12H,4-5,13,20H2,1-3H3,(H,22,23). The van der Waals surface area contributed by atoms with Crippen LogP contribution in [0.4, 0.5) is 0 Å². The number of carbonyl (C=O) groups is 1.